The lowest BCUT2D eigenvalue weighted by molar-refractivity contribution is 0.673. The van der Waals surface area contributed by atoms with Gasteiger partial charge < -0.3 is 5.73 Å². The predicted molar refractivity (Wildman–Crippen MR) is 42.9 cm³/mol. The Labute approximate surface area is 65.9 Å². The van der Waals surface area contributed by atoms with E-state index in [1.807, 2.05) is 0 Å². The van der Waals surface area contributed by atoms with Gasteiger partial charge in [-0.1, -0.05) is 13.8 Å². The molecular formula is C7H12N4. The van der Waals surface area contributed by atoms with Gasteiger partial charge in [0.15, 0.2) is 0 Å². The van der Waals surface area contributed by atoms with Gasteiger partial charge in [-0.2, -0.15) is 4.98 Å². The van der Waals surface area contributed by atoms with Crippen molar-refractivity contribution in [1.29, 1.82) is 0 Å². The molecular weight excluding hydrogens is 140 g/mol. The summed E-state index contributed by atoms with van der Waals surface area (Å²) >= 11 is 0. The van der Waals surface area contributed by atoms with Crippen LogP contribution in [0.2, 0.25) is 0 Å². The summed E-state index contributed by atoms with van der Waals surface area (Å²) in [5.41, 5.74) is 5.39. The summed E-state index contributed by atoms with van der Waals surface area (Å²) in [7, 11) is 0. The van der Waals surface area contributed by atoms with Gasteiger partial charge in [-0.05, 0) is 6.42 Å². The van der Waals surface area contributed by atoms with Crippen molar-refractivity contribution in [2.24, 2.45) is 0 Å². The third-order valence-corrected chi connectivity index (χ3v) is 1.66. The molecule has 4 nitrogen and oxygen atoms in total. The molecule has 1 aromatic rings. The standard InChI is InChI=1S/C7H12N4/c1-3-5(2)6-9-4-10-7(8)11-6/h4-5H,3H2,1-2H3,(H2,8,9,10,11). The molecule has 0 bridgehead atoms. The Hall–Kier alpha value is -1.19. The Balaban J connectivity index is 2.86. The Morgan fingerprint density at radius 3 is 2.82 bits per heavy atom. The van der Waals surface area contributed by atoms with Crippen LogP contribution in [0.5, 0.6) is 0 Å². The number of hydrogen-bond donors (Lipinski definition) is 1. The number of aromatic nitrogens is 3. The number of rotatable bonds is 2. The SMILES string of the molecule is CCC(C)c1ncnc(N)n1. The molecule has 0 aromatic carbocycles. The highest BCUT2D eigenvalue weighted by atomic mass is 15.1. The molecule has 1 heterocycles. The summed E-state index contributed by atoms with van der Waals surface area (Å²) in [6, 6.07) is 0. The van der Waals surface area contributed by atoms with Gasteiger partial charge in [0.1, 0.15) is 12.2 Å². The molecule has 11 heavy (non-hydrogen) atoms. The average Bonchev–Trinajstić information content (AvgIpc) is 2.03. The summed E-state index contributed by atoms with van der Waals surface area (Å²) in [6.45, 7) is 4.15. The molecule has 1 rings (SSSR count). The molecule has 1 atom stereocenters. The van der Waals surface area contributed by atoms with Gasteiger partial charge in [0.2, 0.25) is 5.95 Å². The summed E-state index contributed by atoms with van der Waals surface area (Å²) < 4.78 is 0. The average molecular weight is 152 g/mol. The maximum absolute atomic E-state index is 5.39. The third-order valence-electron chi connectivity index (χ3n) is 1.66. The smallest absolute Gasteiger partial charge is 0.223 e. The lowest BCUT2D eigenvalue weighted by atomic mass is 10.1. The zero-order valence-corrected chi connectivity index (χ0v) is 6.78. The van der Waals surface area contributed by atoms with E-state index in [-0.39, 0.29) is 0 Å². The maximum Gasteiger partial charge on any atom is 0.223 e. The van der Waals surface area contributed by atoms with Crippen LogP contribution in [0.3, 0.4) is 0 Å². The van der Waals surface area contributed by atoms with Crippen LogP contribution in [0.15, 0.2) is 6.33 Å². The summed E-state index contributed by atoms with van der Waals surface area (Å²) in [5.74, 6) is 1.44. The van der Waals surface area contributed by atoms with Crippen LogP contribution in [-0.2, 0) is 0 Å². The van der Waals surface area contributed by atoms with Crippen LogP contribution in [0.25, 0.3) is 0 Å². The molecule has 0 saturated heterocycles. The Morgan fingerprint density at radius 2 is 2.27 bits per heavy atom. The largest absolute Gasteiger partial charge is 0.368 e. The van der Waals surface area contributed by atoms with E-state index in [2.05, 4.69) is 28.8 Å². The first kappa shape index (κ1) is 7.91. The zero-order chi connectivity index (χ0) is 8.27. The molecule has 1 unspecified atom stereocenters. The zero-order valence-electron chi connectivity index (χ0n) is 6.78. The van der Waals surface area contributed by atoms with Crippen LogP contribution in [0.1, 0.15) is 32.0 Å². The first-order chi connectivity index (χ1) is 5.24. The molecule has 1 aromatic heterocycles. The number of anilines is 1. The van der Waals surface area contributed by atoms with Gasteiger partial charge in [0.05, 0.1) is 0 Å². The molecule has 0 fully saturated rings. The van der Waals surface area contributed by atoms with Gasteiger partial charge in [0.25, 0.3) is 0 Å². The van der Waals surface area contributed by atoms with Crippen LogP contribution < -0.4 is 5.73 Å². The van der Waals surface area contributed by atoms with E-state index < -0.39 is 0 Å². The van der Waals surface area contributed by atoms with Crippen molar-refractivity contribution < 1.29 is 0 Å². The maximum atomic E-state index is 5.39. The lowest BCUT2D eigenvalue weighted by Gasteiger charge is -2.04. The van der Waals surface area contributed by atoms with E-state index in [0.29, 0.717) is 11.9 Å². The van der Waals surface area contributed by atoms with Crippen molar-refractivity contribution in [3.8, 4) is 0 Å². The van der Waals surface area contributed by atoms with Gasteiger partial charge >= 0.3 is 0 Å². The van der Waals surface area contributed by atoms with Crippen LogP contribution >= 0.6 is 0 Å². The number of nitrogen functional groups attached to an aromatic ring is 1. The van der Waals surface area contributed by atoms with Crippen molar-refractivity contribution in [1.82, 2.24) is 15.0 Å². The van der Waals surface area contributed by atoms with Crippen molar-refractivity contribution in [3.05, 3.63) is 12.2 Å². The molecule has 0 radical (unpaired) electrons. The molecule has 60 valence electrons. The Bertz CT molecular complexity index is 236. The fourth-order valence-electron chi connectivity index (χ4n) is 0.742. The molecule has 4 heteroatoms. The Morgan fingerprint density at radius 1 is 1.55 bits per heavy atom. The molecule has 0 aliphatic heterocycles. The fourth-order valence-corrected chi connectivity index (χ4v) is 0.742. The quantitative estimate of drug-likeness (QED) is 0.685. The first-order valence-electron chi connectivity index (χ1n) is 3.68. The summed E-state index contributed by atoms with van der Waals surface area (Å²) in [4.78, 5) is 11.7. The molecule has 0 saturated carbocycles. The topological polar surface area (TPSA) is 64.7 Å². The normalized spacial score (nSPS) is 12.9. The van der Waals surface area contributed by atoms with Gasteiger partial charge in [-0.25, -0.2) is 9.97 Å². The van der Waals surface area contributed by atoms with Gasteiger partial charge in [0, 0.05) is 5.92 Å². The van der Waals surface area contributed by atoms with Gasteiger partial charge in [-0.15, -0.1) is 0 Å². The van der Waals surface area contributed by atoms with Crippen LogP contribution in [-0.4, -0.2) is 15.0 Å². The van der Waals surface area contributed by atoms with Gasteiger partial charge in [-0.3, -0.25) is 0 Å². The van der Waals surface area contributed by atoms with Crippen molar-refractivity contribution >= 4 is 5.95 Å². The van der Waals surface area contributed by atoms with Crippen LogP contribution in [0, 0.1) is 0 Å². The monoisotopic (exact) mass is 152 g/mol. The van der Waals surface area contributed by atoms with Crippen molar-refractivity contribution in [2.75, 3.05) is 5.73 Å². The second-order valence-corrected chi connectivity index (χ2v) is 2.51. The lowest BCUT2D eigenvalue weighted by Crippen LogP contribution is -2.04. The summed E-state index contributed by atoms with van der Waals surface area (Å²) in [5, 5.41) is 0. The Kier molecular flexibility index (Phi) is 2.36. The summed E-state index contributed by atoms with van der Waals surface area (Å²) in [6.07, 6.45) is 2.47. The van der Waals surface area contributed by atoms with E-state index in [9.17, 15) is 0 Å². The predicted octanol–water partition coefficient (Wildman–Crippen LogP) is 0.967. The first-order valence-corrected chi connectivity index (χ1v) is 3.68. The van der Waals surface area contributed by atoms with E-state index >= 15 is 0 Å². The molecule has 0 spiro atoms. The molecule has 0 aliphatic rings. The molecule has 0 amide bonds. The molecule has 2 N–H and O–H groups in total. The van der Waals surface area contributed by atoms with Crippen molar-refractivity contribution in [2.45, 2.75) is 26.2 Å². The minimum atomic E-state index is 0.301. The van der Waals surface area contributed by atoms with Crippen LogP contribution in [0.4, 0.5) is 5.95 Å². The van der Waals surface area contributed by atoms with E-state index in [1.165, 1.54) is 6.33 Å². The number of nitrogens with zero attached hydrogens (tertiary/aromatic N) is 3. The highest BCUT2D eigenvalue weighted by molar-refractivity contribution is 5.13. The van der Waals surface area contributed by atoms with Crippen molar-refractivity contribution in [3.63, 3.8) is 0 Å². The fraction of sp³-hybridized carbons (Fsp3) is 0.571. The number of nitrogens with two attached hydrogens (primary N) is 1. The number of hydrogen-bond acceptors (Lipinski definition) is 4. The highest BCUT2D eigenvalue weighted by Gasteiger charge is 2.05. The minimum Gasteiger partial charge on any atom is -0.368 e. The second kappa shape index (κ2) is 3.27. The van der Waals surface area contributed by atoms with E-state index in [1.54, 1.807) is 0 Å². The van der Waals surface area contributed by atoms with E-state index in [0.717, 1.165) is 12.2 Å². The molecule has 0 aliphatic carbocycles. The highest BCUT2D eigenvalue weighted by Crippen LogP contribution is 2.12. The minimum absolute atomic E-state index is 0.301. The van der Waals surface area contributed by atoms with E-state index in [4.69, 9.17) is 5.73 Å². The third kappa shape index (κ3) is 1.86. The second-order valence-electron chi connectivity index (χ2n) is 2.51.